The summed E-state index contributed by atoms with van der Waals surface area (Å²) in [6.07, 6.45) is 8.74. The van der Waals surface area contributed by atoms with E-state index in [1.54, 1.807) is 12.4 Å². The first kappa shape index (κ1) is 18.9. The molecule has 0 bridgehead atoms. The van der Waals surface area contributed by atoms with Gasteiger partial charge in [-0.1, -0.05) is 17.7 Å². The van der Waals surface area contributed by atoms with Gasteiger partial charge < -0.3 is 15.3 Å². The molecule has 1 fully saturated rings. The first-order valence-corrected chi connectivity index (χ1v) is 11.4. The van der Waals surface area contributed by atoms with Crippen LogP contribution >= 0.6 is 11.6 Å². The molecule has 2 aromatic rings. The molecule has 10 heteroatoms. The summed E-state index contributed by atoms with van der Waals surface area (Å²) >= 11 is 5.88. The van der Waals surface area contributed by atoms with E-state index in [-0.39, 0.29) is 12.1 Å². The SMILES string of the molecule is O=[S@]1CCc2nc(N3CC=C(c4ncc(Cl)cn4)C3)nc(NC3(CO)CCC3)c21. The number of anilines is 2. The van der Waals surface area contributed by atoms with Gasteiger partial charge in [0, 0.05) is 43.2 Å². The lowest BCUT2D eigenvalue weighted by Crippen LogP contribution is -2.48. The quantitative estimate of drug-likeness (QED) is 0.737. The van der Waals surface area contributed by atoms with Crippen LogP contribution < -0.4 is 10.2 Å². The van der Waals surface area contributed by atoms with E-state index >= 15 is 0 Å². The van der Waals surface area contributed by atoms with Crippen molar-refractivity contribution >= 4 is 39.7 Å². The van der Waals surface area contributed by atoms with Crippen LogP contribution in [-0.4, -0.2) is 60.2 Å². The average molecular weight is 433 g/mol. The molecule has 1 saturated carbocycles. The van der Waals surface area contributed by atoms with Crippen LogP contribution in [0.2, 0.25) is 5.02 Å². The zero-order valence-corrected chi connectivity index (χ0v) is 17.3. The minimum Gasteiger partial charge on any atom is -0.394 e. The molecule has 5 rings (SSSR count). The monoisotopic (exact) mass is 432 g/mol. The maximum absolute atomic E-state index is 12.5. The summed E-state index contributed by atoms with van der Waals surface area (Å²) < 4.78 is 12.5. The molecule has 4 heterocycles. The summed E-state index contributed by atoms with van der Waals surface area (Å²) in [6, 6.07) is 0. The Bertz CT molecular complexity index is 1000. The Morgan fingerprint density at radius 1 is 1.28 bits per heavy atom. The molecule has 2 N–H and O–H groups in total. The number of aliphatic hydroxyl groups excluding tert-OH is 1. The number of hydrogen-bond donors (Lipinski definition) is 2. The second-order valence-corrected chi connectivity index (χ2v) is 9.64. The molecular formula is C19H21ClN6O2S. The van der Waals surface area contributed by atoms with Crippen molar-refractivity contribution in [2.45, 2.75) is 36.1 Å². The van der Waals surface area contributed by atoms with Gasteiger partial charge in [-0.15, -0.1) is 0 Å². The van der Waals surface area contributed by atoms with Gasteiger partial charge in [0.25, 0.3) is 0 Å². The fourth-order valence-corrected chi connectivity index (χ4v) is 5.34. The molecule has 2 aliphatic heterocycles. The molecule has 8 nitrogen and oxygen atoms in total. The maximum atomic E-state index is 12.5. The highest BCUT2D eigenvalue weighted by molar-refractivity contribution is 7.85. The van der Waals surface area contributed by atoms with Gasteiger partial charge >= 0.3 is 0 Å². The standard InChI is InChI=1S/C19H21ClN6O2S/c20-13-8-21-16(22-9-13)12-2-6-26(10-12)18-23-14-3-7-29(28)15(14)17(24-18)25-19(11-27)4-1-5-19/h2,8-9,27H,1,3-7,10-11H2,(H,23,24,25)/t29-/m0/s1. The number of nitrogens with one attached hydrogen (secondary N) is 1. The first-order chi connectivity index (χ1) is 14.1. The lowest BCUT2D eigenvalue weighted by Gasteiger charge is -2.41. The third kappa shape index (κ3) is 3.41. The Labute approximate surface area is 175 Å². The van der Waals surface area contributed by atoms with Crippen LogP contribution in [0.4, 0.5) is 11.8 Å². The molecule has 3 aliphatic rings. The van der Waals surface area contributed by atoms with Gasteiger partial charge in [-0.25, -0.2) is 15.0 Å². The largest absolute Gasteiger partial charge is 0.394 e. The molecule has 2 aromatic heterocycles. The van der Waals surface area contributed by atoms with Crippen molar-refractivity contribution in [2.75, 3.05) is 35.7 Å². The number of aliphatic hydroxyl groups is 1. The fourth-order valence-electron chi connectivity index (χ4n) is 3.94. The van der Waals surface area contributed by atoms with Crippen LogP contribution in [0.1, 0.15) is 30.8 Å². The van der Waals surface area contributed by atoms with Gasteiger partial charge in [-0.3, -0.25) is 4.21 Å². The molecule has 0 amide bonds. The van der Waals surface area contributed by atoms with E-state index in [1.807, 2.05) is 4.90 Å². The zero-order valence-electron chi connectivity index (χ0n) is 15.8. The summed E-state index contributed by atoms with van der Waals surface area (Å²) in [6.45, 7) is 1.28. The normalized spacial score (nSPS) is 22.2. The van der Waals surface area contributed by atoms with E-state index in [0.29, 0.717) is 52.8 Å². The van der Waals surface area contributed by atoms with E-state index in [1.165, 1.54) is 0 Å². The van der Waals surface area contributed by atoms with Crippen LogP contribution in [-0.2, 0) is 17.2 Å². The molecule has 0 aromatic carbocycles. The Morgan fingerprint density at radius 3 is 2.76 bits per heavy atom. The van der Waals surface area contributed by atoms with Gasteiger partial charge in [0.05, 0.1) is 33.7 Å². The molecule has 1 atom stereocenters. The molecule has 1 aliphatic carbocycles. The number of fused-ring (bicyclic) bond motifs is 1. The summed E-state index contributed by atoms with van der Waals surface area (Å²) in [5, 5.41) is 13.8. The molecule has 0 saturated heterocycles. The Balaban J connectivity index is 1.43. The molecule has 0 spiro atoms. The highest BCUT2D eigenvalue weighted by Gasteiger charge is 2.39. The van der Waals surface area contributed by atoms with Gasteiger partial charge in [-0.2, -0.15) is 4.98 Å². The van der Waals surface area contributed by atoms with E-state index in [2.05, 4.69) is 21.4 Å². The highest BCUT2D eigenvalue weighted by atomic mass is 35.5. The van der Waals surface area contributed by atoms with Crippen LogP contribution in [0.3, 0.4) is 0 Å². The van der Waals surface area contributed by atoms with Crippen LogP contribution in [0.15, 0.2) is 23.4 Å². The minimum absolute atomic E-state index is 0.0388. The predicted molar refractivity (Wildman–Crippen MR) is 112 cm³/mol. The molecular weight excluding hydrogens is 412 g/mol. The average Bonchev–Trinajstić information content (AvgIpc) is 3.33. The van der Waals surface area contributed by atoms with Crippen molar-refractivity contribution in [1.82, 2.24) is 19.9 Å². The summed E-state index contributed by atoms with van der Waals surface area (Å²) in [4.78, 5) is 20.8. The number of aryl methyl sites for hydroxylation is 1. The third-order valence-corrected chi connectivity index (χ3v) is 7.44. The summed E-state index contributed by atoms with van der Waals surface area (Å²) in [7, 11) is -1.11. The van der Waals surface area contributed by atoms with Crippen molar-refractivity contribution in [3.05, 3.63) is 35.0 Å². The van der Waals surface area contributed by atoms with E-state index < -0.39 is 10.8 Å². The number of hydrogen-bond acceptors (Lipinski definition) is 8. The molecule has 0 unspecified atom stereocenters. The Kier molecular flexibility index (Phi) is 4.76. The lowest BCUT2D eigenvalue weighted by atomic mass is 9.77. The van der Waals surface area contributed by atoms with Crippen LogP contribution in [0.25, 0.3) is 5.57 Å². The first-order valence-electron chi connectivity index (χ1n) is 9.67. The topological polar surface area (TPSA) is 104 Å². The van der Waals surface area contributed by atoms with Crippen molar-refractivity contribution in [3.8, 4) is 0 Å². The lowest BCUT2D eigenvalue weighted by molar-refractivity contribution is 0.143. The second-order valence-electron chi connectivity index (χ2n) is 7.70. The Morgan fingerprint density at radius 2 is 2.07 bits per heavy atom. The molecule has 29 heavy (non-hydrogen) atoms. The van der Waals surface area contributed by atoms with Crippen molar-refractivity contribution in [1.29, 1.82) is 0 Å². The summed E-state index contributed by atoms with van der Waals surface area (Å²) in [5.41, 5.74) is 1.46. The second kappa shape index (κ2) is 7.30. The maximum Gasteiger partial charge on any atom is 0.228 e. The van der Waals surface area contributed by atoms with Gasteiger partial charge in [-0.05, 0) is 19.3 Å². The van der Waals surface area contributed by atoms with Crippen LogP contribution in [0.5, 0.6) is 0 Å². The number of nitrogens with zero attached hydrogens (tertiary/aromatic N) is 5. The van der Waals surface area contributed by atoms with Crippen molar-refractivity contribution < 1.29 is 9.32 Å². The third-order valence-electron chi connectivity index (χ3n) is 5.78. The molecule has 152 valence electrons. The molecule has 0 radical (unpaired) electrons. The van der Waals surface area contributed by atoms with E-state index in [9.17, 15) is 9.32 Å². The van der Waals surface area contributed by atoms with E-state index in [0.717, 1.165) is 30.5 Å². The van der Waals surface area contributed by atoms with Gasteiger partial charge in [0.2, 0.25) is 5.95 Å². The highest BCUT2D eigenvalue weighted by Crippen LogP contribution is 2.38. The van der Waals surface area contributed by atoms with Gasteiger partial charge in [0.15, 0.2) is 5.82 Å². The smallest absolute Gasteiger partial charge is 0.228 e. The van der Waals surface area contributed by atoms with E-state index in [4.69, 9.17) is 21.6 Å². The minimum atomic E-state index is -1.11. The Hall–Kier alpha value is -2.10. The zero-order chi connectivity index (χ0) is 20.0. The number of halogens is 1. The summed E-state index contributed by atoms with van der Waals surface area (Å²) in [5.74, 6) is 2.41. The van der Waals surface area contributed by atoms with Crippen molar-refractivity contribution in [3.63, 3.8) is 0 Å². The number of aromatic nitrogens is 4. The van der Waals surface area contributed by atoms with Crippen LogP contribution in [0, 0.1) is 0 Å². The van der Waals surface area contributed by atoms with Gasteiger partial charge in [0.1, 0.15) is 10.7 Å². The fraction of sp³-hybridized carbons (Fsp3) is 0.474. The van der Waals surface area contributed by atoms with Crippen molar-refractivity contribution in [2.24, 2.45) is 0 Å². The predicted octanol–water partition coefficient (Wildman–Crippen LogP) is 1.81. The number of rotatable bonds is 5.